The Morgan fingerprint density at radius 2 is 1.94 bits per heavy atom. The average Bonchev–Trinajstić information content (AvgIpc) is 3.79. The maximum Gasteiger partial charge on any atom is 0.330 e. The number of nitrogens with zero attached hydrogens (tertiary/aromatic N) is 6. The molecule has 0 saturated heterocycles. The number of benzene rings is 1. The number of hydrogen-bond donors (Lipinski definition) is 0. The lowest BCUT2D eigenvalue weighted by Crippen LogP contribution is -2.29. The minimum Gasteiger partial charge on any atom is -0.491 e. The van der Waals surface area contributed by atoms with Crippen molar-refractivity contribution in [2.45, 2.75) is 70.9 Å². The Bertz CT molecular complexity index is 1790. The van der Waals surface area contributed by atoms with E-state index in [2.05, 4.69) is 29.7 Å². The van der Waals surface area contributed by atoms with E-state index in [-0.39, 0.29) is 11.6 Å². The van der Waals surface area contributed by atoms with Crippen molar-refractivity contribution in [1.82, 2.24) is 9.13 Å². The number of imidazole rings is 1. The van der Waals surface area contributed by atoms with Crippen LogP contribution in [0.1, 0.15) is 69.2 Å². The molecule has 0 amide bonds. The number of rotatable bonds is 14. The second-order valence-corrected chi connectivity index (χ2v) is 13.5. The molecule has 1 unspecified atom stereocenters. The van der Waals surface area contributed by atoms with E-state index in [0.29, 0.717) is 56.8 Å². The summed E-state index contributed by atoms with van der Waals surface area (Å²) in [6.07, 6.45) is 14.4. The molecule has 1 atom stereocenters. The van der Waals surface area contributed by atoms with Crippen LogP contribution in [0.5, 0.6) is 5.75 Å². The van der Waals surface area contributed by atoms with Gasteiger partial charge in [0.25, 0.3) is 0 Å². The molecule has 1 fully saturated rings. The Balaban J connectivity index is 1.10. The number of ether oxygens (including phenoxy) is 2. The number of hydrogen-bond acceptors (Lipinski definition) is 8. The fourth-order valence-electron chi connectivity index (χ4n) is 7.20. The van der Waals surface area contributed by atoms with Crippen molar-refractivity contribution in [3.05, 3.63) is 88.9 Å². The third-order valence-corrected chi connectivity index (χ3v) is 10.0. The highest BCUT2D eigenvalue weighted by atomic mass is 16.5. The molecule has 0 N–H and O–H groups in total. The molecule has 1 aromatic carbocycles. The van der Waals surface area contributed by atoms with E-state index >= 15 is 0 Å². The van der Waals surface area contributed by atoms with E-state index in [9.17, 15) is 4.79 Å². The normalized spacial score (nSPS) is 19.4. The van der Waals surface area contributed by atoms with Gasteiger partial charge in [-0.15, -0.1) is 6.58 Å². The van der Waals surface area contributed by atoms with Crippen molar-refractivity contribution < 1.29 is 13.9 Å². The maximum atomic E-state index is 14.3. The molecule has 7 rings (SSSR count). The topological polar surface area (TPSA) is 98.9 Å². The Morgan fingerprint density at radius 1 is 1.06 bits per heavy atom. The van der Waals surface area contributed by atoms with Crippen LogP contribution >= 0.6 is 0 Å². The highest BCUT2D eigenvalue weighted by Crippen LogP contribution is 2.36. The first kappa shape index (κ1) is 33.1. The molecule has 3 aliphatic heterocycles. The molecule has 4 aliphatic rings. The van der Waals surface area contributed by atoms with Crippen LogP contribution in [-0.4, -0.2) is 66.4 Å². The van der Waals surface area contributed by atoms with Crippen LogP contribution in [0.15, 0.2) is 91.2 Å². The van der Waals surface area contributed by atoms with Crippen molar-refractivity contribution in [3.63, 3.8) is 0 Å². The molecule has 2 bridgehead atoms. The fraction of sp³-hybridized carbons (Fsp3) is 0.487. The summed E-state index contributed by atoms with van der Waals surface area (Å²) in [5, 5.41) is 0. The Hall–Kier alpha value is -4.44. The van der Waals surface area contributed by atoms with Gasteiger partial charge in [-0.3, -0.25) is 14.1 Å². The first-order valence-electron chi connectivity index (χ1n) is 17.9. The fourth-order valence-corrected chi connectivity index (χ4v) is 7.20. The molecule has 1 saturated carbocycles. The van der Waals surface area contributed by atoms with Crippen LogP contribution in [0.2, 0.25) is 0 Å². The van der Waals surface area contributed by atoms with Crippen LogP contribution in [0.25, 0.3) is 0 Å². The molecule has 2 aromatic heterocycles. The zero-order chi connectivity index (χ0) is 33.6. The van der Waals surface area contributed by atoms with Crippen molar-refractivity contribution >= 4 is 28.8 Å². The number of aliphatic imine (C=N–C) groups is 3. The highest BCUT2D eigenvalue weighted by molar-refractivity contribution is 6.15. The molecule has 0 radical (unpaired) electrons. The number of furan rings is 1. The van der Waals surface area contributed by atoms with Crippen molar-refractivity contribution in [3.8, 4) is 5.75 Å². The largest absolute Gasteiger partial charge is 0.491 e. The Labute approximate surface area is 288 Å². The van der Waals surface area contributed by atoms with E-state index in [1.54, 1.807) is 13.4 Å². The molecule has 10 heteroatoms. The van der Waals surface area contributed by atoms with Crippen LogP contribution in [0.4, 0.5) is 11.5 Å². The first-order chi connectivity index (χ1) is 24.1. The molecule has 1 aliphatic carbocycles. The standard InChI is InChI=1S/C39H48N6O4/c1-3-7-33-30-17-19-40-37(35-10-6-23-49-35)41-34(26-30)36-38(42-33)44(39(46)45(36)27-29-11-12-29)21-5-9-28-8-4-20-43(22-18-28)31-13-15-32(16-14-31)48-25-24-47-2/h3,6,8,10,13-16,23,29-30H,1,4-5,7,9,11-12,17-22,24-27H2,2H3. The molecular weight excluding hydrogens is 616 g/mol. The molecule has 49 heavy (non-hydrogen) atoms. The SMILES string of the molecule is C=CCC1=Nc2c(n(CC3CC3)c(=O)n2CCCC2=CCCN(c3ccc(OCCOC)cc3)CC2)C2=NC(c3ccco3)=NCCC1C2. The first-order valence-corrected chi connectivity index (χ1v) is 17.9. The Morgan fingerprint density at radius 3 is 2.71 bits per heavy atom. The van der Waals surface area contributed by atoms with Crippen LogP contribution < -0.4 is 15.3 Å². The van der Waals surface area contributed by atoms with Crippen LogP contribution in [0.3, 0.4) is 0 Å². The van der Waals surface area contributed by atoms with Gasteiger partial charge in [0.05, 0.1) is 18.6 Å². The lowest BCUT2D eigenvalue weighted by atomic mass is 9.90. The van der Waals surface area contributed by atoms with Crippen molar-refractivity contribution in [1.29, 1.82) is 0 Å². The summed E-state index contributed by atoms with van der Waals surface area (Å²) in [6.45, 7) is 9.09. The maximum absolute atomic E-state index is 14.3. The van der Waals surface area contributed by atoms with Crippen molar-refractivity contribution in [2.75, 3.05) is 44.9 Å². The summed E-state index contributed by atoms with van der Waals surface area (Å²) in [5.74, 6) is 3.58. The minimum atomic E-state index is 0.0222. The predicted molar refractivity (Wildman–Crippen MR) is 195 cm³/mol. The van der Waals surface area contributed by atoms with Gasteiger partial charge in [-0.25, -0.2) is 14.8 Å². The molecule has 258 valence electrons. The van der Waals surface area contributed by atoms with E-state index in [4.69, 9.17) is 28.9 Å². The van der Waals surface area contributed by atoms with Gasteiger partial charge in [-0.05, 0) is 87.3 Å². The van der Waals surface area contributed by atoms with Gasteiger partial charge in [0, 0.05) is 70.0 Å². The lowest BCUT2D eigenvalue weighted by molar-refractivity contribution is 0.146. The highest BCUT2D eigenvalue weighted by Gasteiger charge is 2.34. The predicted octanol–water partition coefficient (Wildman–Crippen LogP) is 6.99. The summed E-state index contributed by atoms with van der Waals surface area (Å²) in [4.78, 5) is 32.0. The number of allylic oxidation sites excluding steroid dienone is 1. The summed E-state index contributed by atoms with van der Waals surface area (Å²) < 4.78 is 20.5. The zero-order valence-electron chi connectivity index (χ0n) is 28.7. The molecule has 5 heterocycles. The smallest absolute Gasteiger partial charge is 0.330 e. The second-order valence-electron chi connectivity index (χ2n) is 13.5. The van der Waals surface area contributed by atoms with Crippen LogP contribution in [0, 0.1) is 11.8 Å². The van der Waals surface area contributed by atoms with E-state index in [1.165, 1.54) is 11.3 Å². The molecule has 0 spiro atoms. The molecule has 10 nitrogen and oxygen atoms in total. The van der Waals surface area contributed by atoms with Gasteiger partial charge in [0.15, 0.2) is 17.4 Å². The summed E-state index contributed by atoms with van der Waals surface area (Å²) in [5.41, 5.74) is 5.51. The summed E-state index contributed by atoms with van der Waals surface area (Å²) >= 11 is 0. The van der Waals surface area contributed by atoms with E-state index < -0.39 is 0 Å². The minimum absolute atomic E-state index is 0.0222. The van der Waals surface area contributed by atoms with Crippen molar-refractivity contribution in [2.24, 2.45) is 26.8 Å². The quantitative estimate of drug-likeness (QED) is 0.137. The van der Waals surface area contributed by atoms with Gasteiger partial charge in [0.2, 0.25) is 0 Å². The van der Waals surface area contributed by atoms with E-state index in [1.807, 2.05) is 39.5 Å². The second kappa shape index (κ2) is 15.4. The zero-order valence-corrected chi connectivity index (χ0v) is 28.7. The lowest BCUT2D eigenvalue weighted by Gasteiger charge is -2.23. The summed E-state index contributed by atoms with van der Waals surface area (Å²) in [7, 11) is 1.68. The third kappa shape index (κ3) is 7.75. The number of fused-ring (bicyclic) bond motifs is 4. The number of anilines is 1. The van der Waals surface area contributed by atoms with Gasteiger partial charge < -0.3 is 18.8 Å². The van der Waals surface area contributed by atoms with Gasteiger partial charge in [0.1, 0.15) is 18.1 Å². The molecule has 3 aromatic rings. The monoisotopic (exact) mass is 664 g/mol. The average molecular weight is 665 g/mol. The number of methoxy groups -OCH3 is 1. The van der Waals surface area contributed by atoms with E-state index in [0.717, 1.165) is 93.1 Å². The van der Waals surface area contributed by atoms with Gasteiger partial charge in [-0.1, -0.05) is 17.7 Å². The number of amidine groups is 1. The molecular formula is C39H48N6O4. The third-order valence-electron chi connectivity index (χ3n) is 10.0. The Kier molecular flexibility index (Phi) is 10.4. The summed E-state index contributed by atoms with van der Waals surface area (Å²) in [6, 6.07) is 12.1. The van der Waals surface area contributed by atoms with Gasteiger partial charge >= 0.3 is 5.69 Å². The number of aromatic nitrogens is 2. The van der Waals surface area contributed by atoms with Crippen LogP contribution in [-0.2, 0) is 17.8 Å². The van der Waals surface area contributed by atoms with Gasteiger partial charge in [-0.2, -0.15) is 0 Å².